The van der Waals surface area contributed by atoms with Crippen LogP contribution in [-0.2, 0) is 16.1 Å². The minimum Gasteiger partial charge on any atom is -0.489 e. The molecule has 138 valence electrons. The Labute approximate surface area is 161 Å². The summed E-state index contributed by atoms with van der Waals surface area (Å²) in [7, 11) is 0. The zero-order valence-electron chi connectivity index (χ0n) is 14.8. The average Bonchev–Trinajstić information content (AvgIpc) is 3.09. The number of nitrogens with zero attached hydrogens (tertiary/aromatic N) is 1. The summed E-state index contributed by atoms with van der Waals surface area (Å²) < 4.78 is 24.6. The predicted molar refractivity (Wildman–Crippen MR) is 104 cm³/mol. The average molecular weight is 373 g/mol. The molecule has 4 nitrogen and oxygen atoms in total. The molecule has 0 atom stereocenters. The van der Waals surface area contributed by atoms with Crippen LogP contribution in [-0.4, -0.2) is 11.9 Å². The van der Waals surface area contributed by atoms with Crippen LogP contribution in [0.2, 0.25) is 0 Å². The maximum atomic E-state index is 13.7. The zero-order chi connectivity index (χ0) is 19.3. The molecular weight excluding hydrogens is 357 g/mol. The molecule has 0 aromatic heterocycles. The van der Waals surface area contributed by atoms with Crippen LogP contribution in [0.15, 0.2) is 89.6 Å². The summed E-state index contributed by atoms with van der Waals surface area (Å²) in [5, 5.41) is 0. The van der Waals surface area contributed by atoms with Gasteiger partial charge in [-0.2, -0.15) is 0 Å². The molecule has 0 bridgehead atoms. The molecule has 1 heterocycles. The van der Waals surface area contributed by atoms with Crippen molar-refractivity contribution in [2.24, 2.45) is 4.99 Å². The molecule has 0 N–H and O–H groups in total. The van der Waals surface area contributed by atoms with Crippen molar-refractivity contribution in [2.75, 3.05) is 0 Å². The number of esters is 1. The Morgan fingerprint density at radius 1 is 0.964 bits per heavy atom. The first-order valence-electron chi connectivity index (χ1n) is 8.73. The van der Waals surface area contributed by atoms with E-state index >= 15 is 0 Å². The van der Waals surface area contributed by atoms with E-state index in [-0.39, 0.29) is 24.0 Å². The van der Waals surface area contributed by atoms with Crippen LogP contribution in [0.4, 0.5) is 4.39 Å². The van der Waals surface area contributed by atoms with E-state index in [1.165, 1.54) is 6.07 Å². The fourth-order valence-electron chi connectivity index (χ4n) is 2.74. The summed E-state index contributed by atoms with van der Waals surface area (Å²) in [4.78, 5) is 16.4. The number of ether oxygens (including phenoxy) is 2. The van der Waals surface area contributed by atoms with Crippen molar-refractivity contribution in [3.63, 3.8) is 0 Å². The van der Waals surface area contributed by atoms with Crippen LogP contribution in [0.5, 0.6) is 5.75 Å². The molecule has 0 saturated carbocycles. The van der Waals surface area contributed by atoms with E-state index in [1.54, 1.807) is 42.5 Å². The highest BCUT2D eigenvalue weighted by atomic mass is 19.1. The molecule has 0 unspecified atom stereocenters. The lowest BCUT2D eigenvalue weighted by molar-refractivity contribution is -0.129. The lowest BCUT2D eigenvalue weighted by Crippen LogP contribution is -2.04. The Morgan fingerprint density at radius 2 is 1.75 bits per heavy atom. The third kappa shape index (κ3) is 3.99. The third-order valence-corrected chi connectivity index (χ3v) is 4.15. The third-order valence-electron chi connectivity index (χ3n) is 4.15. The van der Waals surface area contributed by atoms with Gasteiger partial charge in [0.25, 0.3) is 0 Å². The molecule has 1 aliphatic rings. The Kier molecular flexibility index (Phi) is 4.97. The summed E-state index contributed by atoms with van der Waals surface area (Å²) >= 11 is 0. The highest BCUT2D eigenvalue weighted by Crippen LogP contribution is 2.22. The molecule has 0 spiro atoms. The van der Waals surface area contributed by atoms with Gasteiger partial charge in [-0.25, -0.2) is 14.2 Å². The first-order valence-corrected chi connectivity index (χ1v) is 8.73. The van der Waals surface area contributed by atoms with Gasteiger partial charge in [-0.15, -0.1) is 0 Å². The van der Waals surface area contributed by atoms with Gasteiger partial charge in [0.05, 0.1) is 0 Å². The summed E-state index contributed by atoms with van der Waals surface area (Å²) in [6, 6.07) is 22.9. The topological polar surface area (TPSA) is 47.9 Å². The number of carbonyl (C=O) groups excluding carboxylic acids is 1. The smallest absolute Gasteiger partial charge is 0.363 e. The Hall–Kier alpha value is -3.73. The highest BCUT2D eigenvalue weighted by Gasteiger charge is 2.23. The Bertz CT molecular complexity index is 1070. The van der Waals surface area contributed by atoms with Crippen LogP contribution >= 0.6 is 0 Å². The van der Waals surface area contributed by atoms with Gasteiger partial charge in [0, 0.05) is 11.1 Å². The number of carbonyl (C=O) groups is 1. The van der Waals surface area contributed by atoms with Crippen LogP contribution in [0.3, 0.4) is 0 Å². The number of aliphatic imine (C=N–C) groups is 1. The van der Waals surface area contributed by atoms with Crippen molar-refractivity contribution in [1.29, 1.82) is 0 Å². The van der Waals surface area contributed by atoms with Crippen molar-refractivity contribution < 1.29 is 18.7 Å². The molecule has 0 aliphatic carbocycles. The molecule has 1 aliphatic heterocycles. The highest BCUT2D eigenvalue weighted by molar-refractivity contribution is 6.12. The van der Waals surface area contributed by atoms with E-state index < -0.39 is 5.97 Å². The number of hydrogen-bond donors (Lipinski definition) is 0. The van der Waals surface area contributed by atoms with Gasteiger partial charge in [0.15, 0.2) is 5.70 Å². The minimum absolute atomic E-state index is 0.116. The number of rotatable bonds is 5. The van der Waals surface area contributed by atoms with E-state index in [2.05, 4.69) is 4.99 Å². The van der Waals surface area contributed by atoms with E-state index in [9.17, 15) is 9.18 Å². The standard InChI is InChI=1S/C23H16FNO3/c24-20-12-5-4-10-18(20)15-27-19-11-6-7-16(13-19)14-21-23(26)28-22(25-21)17-8-2-1-3-9-17/h1-14H,15H2/b21-14-. The van der Waals surface area contributed by atoms with Crippen molar-refractivity contribution in [3.05, 3.63) is 107 Å². The molecule has 5 heteroatoms. The monoisotopic (exact) mass is 373 g/mol. The summed E-state index contributed by atoms with van der Waals surface area (Å²) in [5.74, 6) is 0.0359. The second-order valence-corrected chi connectivity index (χ2v) is 6.15. The lowest BCUT2D eigenvalue weighted by atomic mass is 10.2. The molecule has 28 heavy (non-hydrogen) atoms. The first-order chi connectivity index (χ1) is 13.7. The van der Waals surface area contributed by atoms with Crippen molar-refractivity contribution in [1.82, 2.24) is 0 Å². The van der Waals surface area contributed by atoms with Crippen molar-refractivity contribution >= 4 is 17.9 Å². The van der Waals surface area contributed by atoms with Crippen molar-refractivity contribution in [2.45, 2.75) is 6.61 Å². The van der Waals surface area contributed by atoms with E-state index in [4.69, 9.17) is 9.47 Å². The fraction of sp³-hybridized carbons (Fsp3) is 0.0435. The van der Waals surface area contributed by atoms with Crippen LogP contribution in [0.1, 0.15) is 16.7 Å². The number of halogens is 1. The quantitative estimate of drug-likeness (QED) is 0.479. The predicted octanol–water partition coefficient (Wildman–Crippen LogP) is 4.75. The largest absolute Gasteiger partial charge is 0.489 e. The van der Waals surface area contributed by atoms with Gasteiger partial charge in [-0.1, -0.05) is 48.5 Å². The van der Waals surface area contributed by atoms with E-state index in [0.29, 0.717) is 11.3 Å². The molecule has 0 saturated heterocycles. The van der Waals surface area contributed by atoms with E-state index in [1.807, 2.05) is 36.4 Å². The molecule has 0 fully saturated rings. The second kappa shape index (κ2) is 7.88. The summed E-state index contributed by atoms with van der Waals surface area (Å²) in [6.45, 7) is 0.116. The van der Waals surface area contributed by atoms with Gasteiger partial charge in [-0.05, 0) is 42.0 Å². The molecule has 3 aromatic carbocycles. The minimum atomic E-state index is -0.503. The van der Waals surface area contributed by atoms with Gasteiger partial charge >= 0.3 is 5.97 Å². The van der Waals surface area contributed by atoms with E-state index in [0.717, 1.165) is 11.1 Å². The van der Waals surface area contributed by atoms with Gasteiger partial charge in [0.1, 0.15) is 18.2 Å². The second-order valence-electron chi connectivity index (χ2n) is 6.15. The van der Waals surface area contributed by atoms with Gasteiger partial charge in [0.2, 0.25) is 5.90 Å². The SMILES string of the molecule is O=C1OC(c2ccccc2)=N/C1=C\c1cccc(OCc2ccccc2F)c1. The summed E-state index contributed by atoms with van der Waals surface area (Å²) in [5.41, 5.74) is 2.16. The Morgan fingerprint density at radius 3 is 2.57 bits per heavy atom. The number of cyclic esters (lactones) is 1. The first kappa shape index (κ1) is 17.7. The molecular formula is C23H16FNO3. The van der Waals surface area contributed by atoms with Gasteiger partial charge < -0.3 is 9.47 Å². The molecule has 0 amide bonds. The summed E-state index contributed by atoms with van der Waals surface area (Å²) in [6.07, 6.45) is 1.63. The normalized spacial score (nSPS) is 14.7. The fourth-order valence-corrected chi connectivity index (χ4v) is 2.74. The maximum absolute atomic E-state index is 13.7. The molecule has 3 aromatic rings. The van der Waals surface area contributed by atoms with Crippen molar-refractivity contribution in [3.8, 4) is 5.75 Å². The maximum Gasteiger partial charge on any atom is 0.363 e. The Balaban J connectivity index is 1.52. The number of benzene rings is 3. The number of hydrogen-bond acceptors (Lipinski definition) is 4. The zero-order valence-corrected chi connectivity index (χ0v) is 14.8. The molecule has 0 radical (unpaired) electrons. The lowest BCUT2D eigenvalue weighted by Gasteiger charge is -2.07. The van der Waals surface area contributed by atoms with Crippen LogP contribution in [0.25, 0.3) is 6.08 Å². The van der Waals surface area contributed by atoms with Crippen LogP contribution < -0.4 is 4.74 Å². The molecule has 4 rings (SSSR count). The van der Waals surface area contributed by atoms with Crippen LogP contribution in [0, 0.1) is 5.82 Å². The van der Waals surface area contributed by atoms with Gasteiger partial charge in [-0.3, -0.25) is 0 Å².